The molecule has 1 aliphatic rings. The van der Waals surface area contributed by atoms with Crippen LogP contribution in [-0.2, 0) is 10.0 Å². The first-order valence-electron chi connectivity index (χ1n) is 6.97. The molecule has 0 aliphatic carbocycles. The van der Waals surface area contributed by atoms with Crippen molar-refractivity contribution in [1.29, 1.82) is 0 Å². The molecule has 1 aromatic heterocycles. The second-order valence-corrected chi connectivity index (χ2v) is 7.95. The van der Waals surface area contributed by atoms with Crippen molar-refractivity contribution in [3.8, 4) is 0 Å². The molecule has 122 valence electrons. The van der Waals surface area contributed by atoms with Crippen LogP contribution in [-0.4, -0.2) is 40.6 Å². The van der Waals surface area contributed by atoms with Crippen molar-refractivity contribution in [2.75, 3.05) is 13.1 Å². The number of nitrogens with two attached hydrogens (primary N) is 1. The molecule has 6 nitrogen and oxygen atoms in total. The molecular weight excluding hydrogens is 344 g/mol. The van der Waals surface area contributed by atoms with E-state index in [9.17, 15) is 8.42 Å². The van der Waals surface area contributed by atoms with Gasteiger partial charge in [0.25, 0.3) is 0 Å². The van der Waals surface area contributed by atoms with Gasteiger partial charge in [-0.2, -0.15) is 13.1 Å². The third kappa shape index (κ3) is 3.11. The van der Waals surface area contributed by atoms with Crippen LogP contribution < -0.4 is 5.73 Å². The zero-order valence-electron chi connectivity index (χ0n) is 12.2. The minimum atomic E-state index is -3.54. The summed E-state index contributed by atoms with van der Waals surface area (Å²) in [5.41, 5.74) is 7.03. The van der Waals surface area contributed by atoms with E-state index in [1.54, 1.807) is 22.5 Å². The van der Waals surface area contributed by atoms with Crippen molar-refractivity contribution in [3.05, 3.63) is 18.2 Å². The summed E-state index contributed by atoms with van der Waals surface area (Å²) in [4.78, 5) is 0.249. The van der Waals surface area contributed by atoms with Crippen molar-refractivity contribution in [2.24, 2.45) is 11.7 Å². The monoisotopic (exact) mass is 362 g/mol. The molecule has 2 N–H and O–H groups in total. The first-order chi connectivity index (χ1) is 10.00. The van der Waals surface area contributed by atoms with Crippen LogP contribution in [0.25, 0.3) is 11.0 Å². The highest BCUT2D eigenvalue weighted by molar-refractivity contribution is 7.89. The Balaban J connectivity index is 0.00000176. The molecule has 0 spiro atoms. The van der Waals surface area contributed by atoms with Crippen LogP contribution in [0.15, 0.2) is 23.1 Å². The summed E-state index contributed by atoms with van der Waals surface area (Å²) >= 11 is 1.03. The molecule has 2 atom stereocenters. The molecule has 1 aliphatic heterocycles. The van der Waals surface area contributed by atoms with Crippen molar-refractivity contribution < 1.29 is 8.42 Å². The van der Waals surface area contributed by atoms with E-state index in [2.05, 4.69) is 8.75 Å². The van der Waals surface area contributed by atoms with E-state index >= 15 is 0 Å². The Hall–Kier alpha value is -0.800. The fourth-order valence-corrected chi connectivity index (χ4v) is 5.04. The Morgan fingerprint density at radius 3 is 2.91 bits per heavy atom. The molecule has 2 unspecified atom stereocenters. The number of aromatic nitrogens is 2. The standard InChI is InChI=1S/C13H18N4O2S2.ClH/c1-9(14)10-4-3-7-17(8-10)21(18,19)12-6-2-5-11-13(12)16-20-15-11;/h2,5-6,9-10H,3-4,7-8,14H2,1H3;1H. The van der Waals surface area contributed by atoms with Gasteiger partial charge in [0.1, 0.15) is 15.9 Å². The van der Waals surface area contributed by atoms with Gasteiger partial charge in [0.05, 0.1) is 11.7 Å². The topological polar surface area (TPSA) is 89.2 Å². The molecular formula is C13H19ClN4O2S2. The zero-order valence-corrected chi connectivity index (χ0v) is 14.6. The summed E-state index contributed by atoms with van der Waals surface area (Å²) in [7, 11) is -3.54. The number of hydrogen-bond donors (Lipinski definition) is 1. The maximum absolute atomic E-state index is 12.9. The van der Waals surface area contributed by atoms with Gasteiger partial charge in [-0.25, -0.2) is 8.42 Å². The fraction of sp³-hybridized carbons (Fsp3) is 0.538. The third-order valence-electron chi connectivity index (χ3n) is 4.03. The number of hydrogen-bond acceptors (Lipinski definition) is 6. The lowest BCUT2D eigenvalue weighted by atomic mass is 9.93. The van der Waals surface area contributed by atoms with Gasteiger partial charge < -0.3 is 5.73 Å². The molecule has 1 saturated heterocycles. The SMILES string of the molecule is CC(N)C1CCCN(S(=O)(=O)c2cccc3nsnc23)C1.Cl. The minimum Gasteiger partial charge on any atom is -0.328 e. The Labute approximate surface area is 140 Å². The predicted molar refractivity (Wildman–Crippen MR) is 89.8 cm³/mol. The third-order valence-corrected chi connectivity index (χ3v) is 6.47. The summed E-state index contributed by atoms with van der Waals surface area (Å²) in [6.45, 7) is 2.96. The highest BCUT2D eigenvalue weighted by Crippen LogP contribution is 2.28. The summed E-state index contributed by atoms with van der Waals surface area (Å²) in [6.07, 6.45) is 1.82. The molecule has 0 bridgehead atoms. The van der Waals surface area contributed by atoms with Gasteiger partial charge in [-0.15, -0.1) is 12.4 Å². The summed E-state index contributed by atoms with van der Waals surface area (Å²) in [6, 6.07) is 5.09. The zero-order chi connectivity index (χ0) is 15.0. The van der Waals surface area contributed by atoms with Crippen molar-refractivity contribution in [3.63, 3.8) is 0 Å². The Morgan fingerprint density at radius 2 is 2.18 bits per heavy atom. The lowest BCUT2D eigenvalue weighted by Gasteiger charge is -2.33. The molecule has 0 radical (unpaired) electrons. The van der Waals surface area contributed by atoms with E-state index in [1.165, 1.54) is 0 Å². The van der Waals surface area contributed by atoms with Gasteiger partial charge in [0.15, 0.2) is 0 Å². The number of benzene rings is 1. The number of halogens is 1. The molecule has 2 aromatic rings. The highest BCUT2D eigenvalue weighted by Gasteiger charge is 2.33. The number of piperidine rings is 1. The van der Waals surface area contributed by atoms with E-state index in [-0.39, 0.29) is 29.3 Å². The van der Waals surface area contributed by atoms with Crippen LogP contribution in [0.5, 0.6) is 0 Å². The van der Waals surface area contributed by atoms with Gasteiger partial charge in [0, 0.05) is 19.1 Å². The lowest BCUT2D eigenvalue weighted by molar-refractivity contribution is 0.243. The average molecular weight is 363 g/mol. The van der Waals surface area contributed by atoms with E-state index in [4.69, 9.17) is 5.73 Å². The Morgan fingerprint density at radius 1 is 1.41 bits per heavy atom. The first-order valence-corrected chi connectivity index (χ1v) is 9.14. The van der Waals surface area contributed by atoms with E-state index in [1.807, 2.05) is 6.92 Å². The van der Waals surface area contributed by atoms with Crippen LogP contribution >= 0.6 is 24.1 Å². The molecule has 0 amide bonds. The van der Waals surface area contributed by atoms with Gasteiger partial charge in [0.2, 0.25) is 10.0 Å². The number of fused-ring (bicyclic) bond motifs is 1. The predicted octanol–water partition coefficient (Wildman–Crippen LogP) is 1.86. The van der Waals surface area contributed by atoms with Crippen LogP contribution in [0.3, 0.4) is 0 Å². The summed E-state index contributed by atoms with van der Waals surface area (Å²) in [5.74, 6) is 0.210. The van der Waals surface area contributed by atoms with Crippen LogP contribution in [0, 0.1) is 5.92 Å². The smallest absolute Gasteiger partial charge is 0.245 e. The first kappa shape index (κ1) is 17.6. The number of nitrogens with zero attached hydrogens (tertiary/aromatic N) is 3. The molecule has 2 heterocycles. The van der Waals surface area contributed by atoms with Crippen molar-refractivity contribution in [2.45, 2.75) is 30.7 Å². The van der Waals surface area contributed by atoms with E-state index in [0.717, 1.165) is 24.6 Å². The van der Waals surface area contributed by atoms with Crippen molar-refractivity contribution >= 4 is 45.2 Å². The van der Waals surface area contributed by atoms with Crippen molar-refractivity contribution in [1.82, 2.24) is 13.1 Å². The molecule has 9 heteroatoms. The van der Waals surface area contributed by atoms with E-state index < -0.39 is 10.0 Å². The normalized spacial score (nSPS) is 21.5. The van der Waals surface area contributed by atoms with Gasteiger partial charge in [-0.05, 0) is 37.8 Å². The van der Waals surface area contributed by atoms with Crippen LogP contribution in [0.1, 0.15) is 19.8 Å². The summed E-state index contributed by atoms with van der Waals surface area (Å²) in [5, 5.41) is 0. The van der Waals surface area contributed by atoms with E-state index in [0.29, 0.717) is 24.1 Å². The molecule has 22 heavy (non-hydrogen) atoms. The quantitative estimate of drug-likeness (QED) is 0.900. The second-order valence-electron chi connectivity index (χ2n) is 5.51. The molecule has 1 aromatic carbocycles. The second kappa shape index (κ2) is 6.76. The average Bonchev–Trinajstić information content (AvgIpc) is 2.95. The number of sulfonamides is 1. The van der Waals surface area contributed by atoms with Gasteiger partial charge in [-0.3, -0.25) is 0 Å². The minimum absolute atomic E-state index is 0. The number of rotatable bonds is 3. The maximum atomic E-state index is 12.9. The van der Waals surface area contributed by atoms with Gasteiger partial charge in [-0.1, -0.05) is 6.07 Å². The fourth-order valence-electron chi connectivity index (χ4n) is 2.75. The molecule has 3 rings (SSSR count). The largest absolute Gasteiger partial charge is 0.328 e. The molecule has 1 fully saturated rings. The van der Waals surface area contributed by atoms with Crippen LogP contribution in [0.2, 0.25) is 0 Å². The van der Waals surface area contributed by atoms with Crippen LogP contribution in [0.4, 0.5) is 0 Å². The summed E-state index contributed by atoms with van der Waals surface area (Å²) < 4.78 is 35.6. The Kier molecular flexibility index (Phi) is 5.39. The highest BCUT2D eigenvalue weighted by atomic mass is 35.5. The Bertz CT molecular complexity index is 747. The lowest BCUT2D eigenvalue weighted by Crippen LogP contribution is -2.45. The van der Waals surface area contributed by atoms with Gasteiger partial charge >= 0.3 is 0 Å². The molecule has 0 saturated carbocycles. The maximum Gasteiger partial charge on any atom is 0.245 e.